The van der Waals surface area contributed by atoms with E-state index in [4.69, 9.17) is 20.4 Å². The molecule has 0 aliphatic heterocycles. The minimum absolute atomic E-state index is 0.0823. The van der Waals surface area contributed by atoms with Crippen LogP contribution in [-0.4, -0.2) is 42.5 Å². The van der Waals surface area contributed by atoms with E-state index in [-0.39, 0.29) is 29.2 Å². The van der Waals surface area contributed by atoms with Crippen LogP contribution >= 0.6 is 27.5 Å². The van der Waals surface area contributed by atoms with Crippen LogP contribution in [0.15, 0.2) is 63.5 Å². The summed E-state index contributed by atoms with van der Waals surface area (Å²) in [6.07, 6.45) is 2.94. The van der Waals surface area contributed by atoms with Crippen LogP contribution in [0.5, 0.6) is 0 Å². The number of halogens is 3. The average molecular weight is 764 g/mol. The summed E-state index contributed by atoms with van der Waals surface area (Å²) in [6.45, 7) is 11.0. The van der Waals surface area contributed by atoms with Gasteiger partial charge in [0.05, 0.1) is 28.6 Å². The van der Waals surface area contributed by atoms with Crippen molar-refractivity contribution >= 4 is 68.4 Å². The number of furan rings is 1. The van der Waals surface area contributed by atoms with Crippen molar-refractivity contribution in [1.82, 2.24) is 5.32 Å². The van der Waals surface area contributed by atoms with E-state index in [1.54, 1.807) is 24.3 Å². The Hall–Kier alpha value is -2.70. The first-order chi connectivity index (χ1) is 21.9. The standard InChI is InChI=1S/C35H41BrClFN2O5SSi/c1-35(2,3)47(6,7)45-29(24-9-8-10-27(37)32(24)36)17-18-40(46(5,42)43)28-20-30-26(19-25(28)21-11-12-21)31(34(41)39-4)33(44-30)22-13-15-23(38)16-14-22/h8-10,13-16,19-21,29H,11-12,17-18H2,1-7H3,(H,39,41). The molecule has 0 saturated heterocycles. The van der Waals surface area contributed by atoms with E-state index in [1.807, 2.05) is 18.2 Å². The molecule has 5 rings (SSSR count). The van der Waals surface area contributed by atoms with E-state index < -0.39 is 30.3 Å². The van der Waals surface area contributed by atoms with Crippen LogP contribution in [0.4, 0.5) is 10.1 Å². The molecule has 7 nitrogen and oxygen atoms in total. The van der Waals surface area contributed by atoms with Crippen molar-refractivity contribution in [2.75, 3.05) is 24.2 Å². The molecule has 1 amide bonds. The van der Waals surface area contributed by atoms with Crippen molar-refractivity contribution in [2.45, 2.75) is 70.2 Å². The lowest BCUT2D eigenvalue weighted by Crippen LogP contribution is -2.42. The highest BCUT2D eigenvalue weighted by atomic mass is 79.9. The van der Waals surface area contributed by atoms with Gasteiger partial charge in [0.2, 0.25) is 10.0 Å². The fourth-order valence-corrected chi connectivity index (χ4v) is 8.48. The molecule has 4 aromatic rings. The molecule has 1 aliphatic rings. The first-order valence-corrected chi connectivity index (χ1v) is 21.5. The van der Waals surface area contributed by atoms with Crippen molar-refractivity contribution in [2.24, 2.45) is 0 Å². The van der Waals surface area contributed by atoms with Gasteiger partial charge >= 0.3 is 0 Å². The fourth-order valence-electron chi connectivity index (χ4n) is 5.52. The van der Waals surface area contributed by atoms with Crippen LogP contribution in [-0.2, 0) is 14.4 Å². The Kier molecular flexibility index (Phi) is 10.1. The lowest BCUT2D eigenvalue weighted by molar-refractivity contribution is 0.0964. The van der Waals surface area contributed by atoms with Crippen molar-refractivity contribution < 1.29 is 26.4 Å². The zero-order chi connectivity index (χ0) is 34.5. The van der Waals surface area contributed by atoms with Gasteiger partial charge in [0.25, 0.3) is 5.91 Å². The van der Waals surface area contributed by atoms with E-state index in [1.165, 1.54) is 29.7 Å². The summed E-state index contributed by atoms with van der Waals surface area (Å²) >= 11 is 10.2. The Bertz CT molecular complexity index is 1920. The van der Waals surface area contributed by atoms with Gasteiger partial charge in [0.1, 0.15) is 17.2 Å². The molecule has 1 aliphatic carbocycles. The number of carbonyl (C=O) groups is 1. The van der Waals surface area contributed by atoms with Gasteiger partial charge in [-0.25, -0.2) is 12.8 Å². The van der Waals surface area contributed by atoms with Crippen LogP contribution in [0, 0.1) is 5.82 Å². The summed E-state index contributed by atoms with van der Waals surface area (Å²) in [5.74, 6) is -0.330. The zero-order valence-electron chi connectivity index (χ0n) is 27.7. The van der Waals surface area contributed by atoms with Crippen LogP contribution in [0.1, 0.15) is 73.5 Å². The normalized spacial score (nSPS) is 14.8. The number of sulfonamides is 1. The summed E-state index contributed by atoms with van der Waals surface area (Å²) in [6, 6.07) is 15.0. The van der Waals surface area contributed by atoms with Crippen LogP contribution in [0.25, 0.3) is 22.3 Å². The molecule has 1 saturated carbocycles. The maximum atomic E-state index is 13.8. The fraction of sp³-hybridized carbons (Fsp3) is 0.400. The van der Waals surface area contributed by atoms with Crippen molar-refractivity contribution in [1.29, 1.82) is 0 Å². The minimum Gasteiger partial charge on any atom is -0.455 e. The highest BCUT2D eigenvalue weighted by Crippen LogP contribution is 2.49. The molecule has 1 unspecified atom stereocenters. The molecule has 0 spiro atoms. The molecule has 1 aromatic heterocycles. The largest absolute Gasteiger partial charge is 0.455 e. The predicted octanol–water partition coefficient (Wildman–Crippen LogP) is 9.81. The highest BCUT2D eigenvalue weighted by molar-refractivity contribution is 9.10. The Balaban J connectivity index is 1.62. The Morgan fingerprint density at radius 2 is 1.83 bits per heavy atom. The maximum Gasteiger partial charge on any atom is 0.255 e. The molecule has 252 valence electrons. The topological polar surface area (TPSA) is 88.8 Å². The third kappa shape index (κ3) is 7.49. The van der Waals surface area contributed by atoms with Gasteiger partial charge in [-0.1, -0.05) is 44.5 Å². The number of anilines is 1. The van der Waals surface area contributed by atoms with E-state index in [2.05, 4.69) is 55.1 Å². The van der Waals surface area contributed by atoms with Crippen LogP contribution < -0.4 is 9.62 Å². The van der Waals surface area contributed by atoms with Gasteiger partial charge in [0.15, 0.2) is 8.32 Å². The average Bonchev–Trinajstić information content (AvgIpc) is 3.76. The molecule has 1 atom stereocenters. The van der Waals surface area contributed by atoms with Gasteiger partial charge in [0, 0.05) is 35.1 Å². The molecule has 12 heteroatoms. The van der Waals surface area contributed by atoms with Gasteiger partial charge in [-0.2, -0.15) is 0 Å². The van der Waals surface area contributed by atoms with E-state index in [0.29, 0.717) is 39.2 Å². The number of amides is 1. The van der Waals surface area contributed by atoms with Gasteiger partial charge in [-0.05, 0) is 107 Å². The van der Waals surface area contributed by atoms with E-state index in [0.717, 1.165) is 28.4 Å². The van der Waals surface area contributed by atoms with Crippen LogP contribution in [0.3, 0.4) is 0 Å². The molecule has 1 fully saturated rings. The minimum atomic E-state index is -3.78. The molecule has 0 radical (unpaired) electrons. The molecule has 1 N–H and O–H groups in total. The van der Waals surface area contributed by atoms with E-state index in [9.17, 15) is 17.6 Å². The van der Waals surface area contributed by atoms with Crippen molar-refractivity contribution in [3.05, 3.63) is 86.6 Å². The Labute approximate surface area is 291 Å². The summed E-state index contributed by atoms with van der Waals surface area (Å²) in [4.78, 5) is 13.2. The first kappa shape index (κ1) is 35.6. The number of benzene rings is 3. The summed E-state index contributed by atoms with van der Waals surface area (Å²) in [5, 5.41) is 3.73. The summed E-state index contributed by atoms with van der Waals surface area (Å²) < 4.78 is 56.3. The number of hydrogen-bond donors (Lipinski definition) is 1. The summed E-state index contributed by atoms with van der Waals surface area (Å²) in [5.41, 5.74) is 3.43. The number of nitrogens with one attached hydrogen (secondary N) is 1. The monoisotopic (exact) mass is 762 g/mol. The van der Waals surface area contributed by atoms with Gasteiger partial charge in [-0.3, -0.25) is 9.10 Å². The number of hydrogen-bond acceptors (Lipinski definition) is 5. The van der Waals surface area contributed by atoms with Gasteiger partial charge < -0.3 is 14.2 Å². The predicted molar refractivity (Wildman–Crippen MR) is 194 cm³/mol. The second-order valence-corrected chi connectivity index (χ2v) is 21.6. The third-order valence-electron chi connectivity index (χ3n) is 9.25. The number of nitrogens with zero attached hydrogens (tertiary/aromatic N) is 1. The Morgan fingerprint density at radius 1 is 1.17 bits per heavy atom. The van der Waals surface area contributed by atoms with Crippen molar-refractivity contribution in [3.8, 4) is 11.3 Å². The number of fused-ring (bicyclic) bond motifs is 1. The molecule has 1 heterocycles. The maximum absolute atomic E-state index is 13.8. The number of carbonyl (C=O) groups excluding carboxylic acids is 1. The smallest absolute Gasteiger partial charge is 0.255 e. The zero-order valence-corrected chi connectivity index (χ0v) is 31.9. The lowest BCUT2D eigenvalue weighted by atomic mass is 10.00. The quantitative estimate of drug-likeness (QED) is 0.154. The molecule has 47 heavy (non-hydrogen) atoms. The molecule has 0 bridgehead atoms. The third-order valence-corrected chi connectivity index (χ3v) is 16.3. The van der Waals surface area contributed by atoms with Gasteiger partial charge in [-0.15, -0.1) is 0 Å². The van der Waals surface area contributed by atoms with E-state index >= 15 is 0 Å². The summed E-state index contributed by atoms with van der Waals surface area (Å²) in [7, 11) is -4.54. The number of rotatable bonds is 11. The highest BCUT2D eigenvalue weighted by Gasteiger charge is 2.40. The SMILES string of the molecule is CNC(=O)c1c(-c2ccc(F)cc2)oc2cc(N(CCC(O[Si](C)(C)C(C)(C)C)c3cccc(Cl)c3Br)S(C)(=O)=O)c(C3CC3)cc12. The van der Waals surface area contributed by atoms with Crippen molar-refractivity contribution in [3.63, 3.8) is 0 Å². The molecule has 3 aromatic carbocycles. The molecular weight excluding hydrogens is 723 g/mol. The first-order valence-electron chi connectivity index (χ1n) is 15.6. The molecular formula is C35H41BrClFN2O5SSi. The Morgan fingerprint density at radius 3 is 2.40 bits per heavy atom. The lowest BCUT2D eigenvalue weighted by Gasteiger charge is -2.40. The second-order valence-electron chi connectivity index (χ2n) is 13.7. The van der Waals surface area contributed by atoms with Crippen LogP contribution in [0.2, 0.25) is 23.2 Å². The second kappa shape index (κ2) is 13.3.